The summed E-state index contributed by atoms with van der Waals surface area (Å²) in [6.45, 7) is -0.00421. The van der Waals surface area contributed by atoms with Gasteiger partial charge in [-0.15, -0.1) is 0 Å². The Morgan fingerprint density at radius 1 is 1.48 bits per heavy atom. The van der Waals surface area contributed by atoms with Crippen molar-refractivity contribution < 1.29 is 17.9 Å². The summed E-state index contributed by atoms with van der Waals surface area (Å²) in [5.41, 5.74) is 0.223. The van der Waals surface area contributed by atoms with Crippen LogP contribution in [-0.4, -0.2) is 31.2 Å². The molecule has 8 nitrogen and oxygen atoms in total. The lowest BCUT2D eigenvalue weighted by molar-refractivity contribution is -0.116. The van der Waals surface area contributed by atoms with Gasteiger partial charge in [-0.1, -0.05) is 0 Å². The minimum absolute atomic E-state index is 0.00421. The summed E-state index contributed by atoms with van der Waals surface area (Å²) in [6, 6.07) is 5.66. The van der Waals surface area contributed by atoms with Crippen molar-refractivity contribution in [3.63, 3.8) is 0 Å². The second kappa shape index (κ2) is 5.94. The average Bonchev–Trinajstić information content (AvgIpc) is 2.90. The number of benzene rings is 1. The number of nitrogens with one attached hydrogen (secondary N) is 1. The van der Waals surface area contributed by atoms with Crippen LogP contribution < -0.4 is 15.2 Å². The number of nitrogens with two attached hydrogens (primary N) is 1. The smallest absolute Gasteiger partial charge is 0.246 e. The van der Waals surface area contributed by atoms with Crippen molar-refractivity contribution in [2.45, 2.75) is 11.4 Å². The highest BCUT2D eigenvalue weighted by molar-refractivity contribution is 7.89. The van der Waals surface area contributed by atoms with Gasteiger partial charge in [0.25, 0.3) is 0 Å². The van der Waals surface area contributed by atoms with Gasteiger partial charge in [0.1, 0.15) is 12.3 Å². The fourth-order valence-electron chi connectivity index (χ4n) is 1.69. The third-order valence-electron chi connectivity index (χ3n) is 2.64. The Hall–Kier alpha value is -2.39. The third-order valence-corrected chi connectivity index (χ3v) is 3.55. The molecule has 0 saturated carbocycles. The lowest BCUT2D eigenvalue weighted by Gasteiger charge is -2.11. The van der Waals surface area contributed by atoms with Crippen molar-refractivity contribution in [2.75, 3.05) is 12.4 Å². The van der Waals surface area contributed by atoms with Gasteiger partial charge in [-0.25, -0.2) is 13.6 Å². The van der Waals surface area contributed by atoms with E-state index in [4.69, 9.17) is 9.88 Å². The summed E-state index contributed by atoms with van der Waals surface area (Å²) in [6.07, 6.45) is 3.19. The number of anilines is 1. The van der Waals surface area contributed by atoms with Gasteiger partial charge in [-0.05, 0) is 24.3 Å². The zero-order valence-electron chi connectivity index (χ0n) is 11.2. The summed E-state index contributed by atoms with van der Waals surface area (Å²) in [4.78, 5) is 11.8. The molecule has 0 unspecified atom stereocenters. The Morgan fingerprint density at radius 2 is 2.24 bits per heavy atom. The molecule has 0 radical (unpaired) electrons. The molecule has 0 aliphatic heterocycles. The number of amides is 1. The van der Waals surface area contributed by atoms with E-state index in [9.17, 15) is 13.2 Å². The molecule has 112 valence electrons. The highest BCUT2D eigenvalue weighted by Gasteiger charge is 2.14. The number of aromatic nitrogens is 2. The quantitative estimate of drug-likeness (QED) is 0.817. The van der Waals surface area contributed by atoms with Gasteiger partial charge in [0.15, 0.2) is 0 Å². The van der Waals surface area contributed by atoms with Crippen molar-refractivity contribution in [3.8, 4) is 5.75 Å². The minimum Gasteiger partial charge on any atom is -0.495 e. The van der Waals surface area contributed by atoms with Gasteiger partial charge in [-0.2, -0.15) is 5.10 Å². The average molecular weight is 310 g/mol. The molecule has 0 saturated heterocycles. The summed E-state index contributed by atoms with van der Waals surface area (Å²) < 4.78 is 29.2. The van der Waals surface area contributed by atoms with Crippen LogP contribution in [0.3, 0.4) is 0 Å². The molecule has 0 atom stereocenters. The molecule has 1 aromatic heterocycles. The molecule has 2 rings (SSSR count). The second-order valence-electron chi connectivity index (χ2n) is 4.16. The van der Waals surface area contributed by atoms with Crippen molar-refractivity contribution >= 4 is 21.6 Å². The van der Waals surface area contributed by atoms with Crippen molar-refractivity contribution in [1.82, 2.24) is 9.78 Å². The fourth-order valence-corrected chi connectivity index (χ4v) is 2.23. The van der Waals surface area contributed by atoms with Gasteiger partial charge in [0, 0.05) is 12.4 Å². The zero-order valence-corrected chi connectivity index (χ0v) is 12.0. The Labute approximate surface area is 121 Å². The standard InChI is InChI=1S/C12H14N4O4S/c1-20-11-4-3-9(21(13,18)19)7-10(11)15-12(17)8-16-6-2-5-14-16/h2-7H,8H2,1H3,(H,15,17)(H2,13,18,19). The number of methoxy groups -OCH3 is 1. The number of carbonyl (C=O) groups excluding carboxylic acids is 1. The predicted octanol–water partition coefficient (Wildman–Crippen LogP) is 0.178. The molecule has 1 amide bonds. The number of nitrogens with zero attached hydrogens (tertiary/aromatic N) is 2. The maximum absolute atomic E-state index is 11.9. The summed E-state index contributed by atoms with van der Waals surface area (Å²) in [7, 11) is -2.45. The highest BCUT2D eigenvalue weighted by atomic mass is 32.2. The lowest BCUT2D eigenvalue weighted by Crippen LogP contribution is -2.20. The van der Waals surface area contributed by atoms with Crippen LogP contribution >= 0.6 is 0 Å². The first kappa shape index (κ1) is 15.0. The third kappa shape index (κ3) is 3.80. The molecule has 9 heteroatoms. The van der Waals surface area contributed by atoms with E-state index >= 15 is 0 Å². The number of carbonyl (C=O) groups is 1. The summed E-state index contributed by atoms with van der Waals surface area (Å²) >= 11 is 0. The van der Waals surface area contributed by atoms with Crippen LogP contribution in [0.1, 0.15) is 0 Å². The SMILES string of the molecule is COc1ccc(S(N)(=O)=O)cc1NC(=O)Cn1cccn1. The normalized spacial score (nSPS) is 11.1. The van der Waals surface area contributed by atoms with Crippen LogP contribution in [0.15, 0.2) is 41.6 Å². The van der Waals surface area contributed by atoms with Crippen LogP contribution in [-0.2, 0) is 21.4 Å². The molecule has 0 aliphatic rings. The molecule has 0 fully saturated rings. The van der Waals surface area contributed by atoms with Crippen LogP contribution in [0, 0.1) is 0 Å². The molecular formula is C12H14N4O4S. The fraction of sp³-hybridized carbons (Fsp3) is 0.167. The van der Waals surface area contributed by atoms with Crippen molar-refractivity contribution in [1.29, 1.82) is 0 Å². The van der Waals surface area contributed by atoms with Crippen molar-refractivity contribution in [2.24, 2.45) is 5.14 Å². The number of ether oxygens (including phenoxy) is 1. The van der Waals surface area contributed by atoms with E-state index in [2.05, 4.69) is 10.4 Å². The number of sulfonamides is 1. The summed E-state index contributed by atoms with van der Waals surface area (Å²) in [5.74, 6) is -0.0419. The topological polar surface area (TPSA) is 116 Å². The van der Waals surface area contributed by atoms with Gasteiger partial charge < -0.3 is 10.1 Å². The van der Waals surface area contributed by atoms with Crippen LogP contribution in [0.2, 0.25) is 0 Å². The number of rotatable bonds is 5. The van der Waals surface area contributed by atoms with Gasteiger partial charge in [0.2, 0.25) is 15.9 Å². The first-order chi connectivity index (χ1) is 9.90. The largest absolute Gasteiger partial charge is 0.495 e. The van der Waals surface area contributed by atoms with Crippen LogP contribution in [0.4, 0.5) is 5.69 Å². The molecule has 0 aliphatic carbocycles. The molecule has 3 N–H and O–H groups in total. The van der Waals surface area contributed by atoms with E-state index in [0.717, 1.165) is 0 Å². The van der Waals surface area contributed by atoms with Crippen LogP contribution in [0.5, 0.6) is 5.75 Å². The van der Waals surface area contributed by atoms with Gasteiger partial charge >= 0.3 is 0 Å². The van der Waals surface area contributed by atoms with E-state index in [1.807, 2.05) is 0 Å². The lowest BCUT2D eigenvalue weighted by atomic mass is 10.3. The van der Waals surface area contributed by atoms with Crippen LogP contribution in [0.25, 0.3) is 0 Å². The van der Waals surface area contributed by atoms with Gasteiger partial charge in [0.05, 0.1) is 17.7 Å². The Balaban J connectivity index is 2.23. The van der Waals surface area contributed by atoms with E-state index in [-0.39, 0.29) is 23.0 Å². The summed E-state index contributed by atoms with van der Waals surface area (Å²) in [5, 5.41) is 11.5. The first-order valence-corrected chi connectivity index (χ1v) is 7.43. The maximum atomic E-state index is 11.9. The maximum Gasteiger partial charge on any atom is 0.246 e. The van der Waals surface area contributed by atoms with E-state index in [1.165, 1.54) is 30.0 Å². The van der Waals surface area contributed by atoms with Crippen molar-refractivity contribution in [3.05, 3.63) is 36.7 Å². The highest BCUT2D eigenvalue weighted by Crippen LogP contribution is 2.27. The monoisotopic (exact) mass is 310 g/mol. The Bertz CT molecular complexity index is 741. The first-order valence-electron chi connectivity index (χ1n) is 5.88. The molecular weight excluding hydrogens is 296 g/mol. The van der Waals surface area contributed by atoms with Gasteiger partial charge in [-0.3, -0.25) is 9.48 Å². The van der Waals surface area contributed by atoms with E-state index in [1.54, 1.807) is 18.5 Å². The predicted molar refractivity (Wildman–Crippen MR) is 75.2 cm³/mol. The number of primary sulfonamides is 1. The minimum atomic E-state index is -3.86. The molecule has 21 heavy (non-hydrogen) atoms. The Morgan fingerprint density at radius 3 is 2.81 bits per heavy atom. The zero-order chi connectivity index (χ0) is 15.5. The number of hydrogen-bond acceptors (Lipinski definition) is 5. The second-order valence-corrected chi connectivity index (χ2v) is 5.72. The molecule has 1 aromatic carbocycles. The molecule has 0 bridgehead atoms. The molecule has 2 aromatic rings. The molecule has 1 heterocycles. The van der Waals surface area contributed by atoms with E-state index in [0.29, 0.717) is 5.75 Å². The number of hydrogen-bond donors (Lipinski definition) is 2. The Kier molecular flexibility index (Phi) is 4.24. The van der Waals surface area contributed by atoms with E-state index < -0.39 is 10.0 Å². The molecule has 0 spiro atoms.